The number of rotatable bonds is 13. The maximum atomic E-state index is 14.4. The average molecular weight is 967 g/mol. The van der Waals surface area contributed by atoms with Crippen LogP contribution in [0.15, 0.2) is 89.5 Å². The monoisotopic (exact) mass is 965 g/mol. The molecule has 2 fully saturated rings. The molecule has 0 bridgehead atoms. The minimum atomic E-state index is -4.62. The fourth-order valence-electron chi connectivity index (χ4n) is 10.2. The van der Waals surface area contributed by atoms with Gasteiger partial charge in [-0.05, 0) is 135 Å². The van der Waals surface area contributed by atoms with Gasteiger partial charge in [-0.2, -0.15) is 4.98 Å². The van der Waals surface area contributed by atoms with E-state index in [1.54, 1.807) is 12.3 Å². The van der Waals surface area contributed by atoms with Gasteiger partial charge in [-0.25, -0.2) is 13.1 Å². The number of fused-ring (bicyclic) bond motifs is 2. The number of carbonyl (C=O) groups is 1. The summed E-state index contributed by atoms with van der Waals surface area (Å²) >= 11 is 6.28. The van der Waals surface area contributed by atoms with Crippen molar-refractivity contribution in [1.29, 1.82) is 0 Å². The Morgan fingerprint density at radius 1 is 1.00 bits per heavy atom. The Hall–Kier alpha value is -5.68. The zero-order valence-corrected chi connectivity index (χ0v) is 40.5. The number of aliphatic hydroxyl groups is 1. The Labute approximate surface area is 402 Å². The summed E-state index contributed by atoms with van der Waals surface area (Å²) in [6.07, 6.45) is 8.90. The molecule has 3 aromatic carbocycles. The van der Waals surface area contributed by atoms with Gasteiger partial charge in [0.15, 0.2) is 5.75 Å². The SMILES string of the molecule is CCC1(O)CCC(COc2ccc(S(=O)(=O)NC(=O)c3ccc(N4CCN(CC5=C(c6ccc(Cl)cc6)CC(C)(C)CC5)CC4)cc3N3CCCOc4nc5[nH]ccc5cc43)cc2[N+](=O)[O-])CC1. The second-order valence-electron chi connectivity index (χ2n) is 19.6. The molecule has 0 atom stereocenters. The quantitative estimate of drug-likeness (QED) is 0.0752. The van der Waals surface area contributed by atoms with Gasteiger partial charge in [0.2, 0.25) is 5.88 Å². The van der Waals surface area contributed by atoms with Crippen LogP contribution in [0.5, 0.6) is 11.6 Å². The summed E-state index contributed by atoms with van der Waals surface area (Å²) in [5.41, 5.74) is 5.83. The Kier molecular flexibility index (Phi) is 13.5. The molecule has 17 heteroatoms. The van der Waals surface area contributed by atoms with E-state index in [1.165, 1.54) is 28.8 Å². The molecule has 0 spiro atoms. The summed E-state index contributed by atoms with van der Waals surface area (Å²) in [6.45, 7) is 11.7. The van der Waals surface area contributed by atoms with Gasteiger partial charge in [0.05, 0.1) is 39.9 Å². The van der Waals surface area contributed by atoms with Crippen LogP contribution in [0, 0.1) is 21.4 Å². The van der Waals surface area contributed by atoms with Gasteiger partial charge in [0.1, 0.15) is 11.3 Å². The number of nitrogens with zero attached hydrogens (tertiary/aromatic N) is 5. The maximum absolute atomic E-state index is 14.4. The topological polar surface area (TPSA) is 183 Å². The zero-order chi connectivity index (χ0) is 47.8. The summed E-state index contributed by atoms with van der Waals surface area (Å²) in [5.74, 6) is -0.491. The van der Waals surface area contributed by atoms with Gasteiger partial charge in [0.25, 0.3) is 15.9 Å². The number of nitro benzene ring substituents is 1. The normalized spacial score (nSPS) is 21.2. The number of nitrogens with one attached hydrogen (secondary N) is 2. The number of allylic oxidation sites excluding steroid dienone is 1. The summed E-state index contributed by atoms with van der Waals surface area (Å²) in [5, 5.41) is 24.5. The van der Waals surface area contributed by atoms with E-state index in [1.807, 2.05) is 48.2 Å². The van der Waals surface area contributed by atoms with E-state index in [9.17, 15) is 28.4 Å². The van der Waals surface area contributed by atoms with Gasteiger partial charge in [-0.15, -0.1) is 0 Å². The first-order valence-electron chi connectivity index (χ1n) is 23.7. The average Bonchev–Trinajstić information content (AvgIpc) is 3.69. The molecule has 1 amide bonds. The molecule has 2 aliphatic carbocycles. The predicted molar refractivity (Wildman–Crippen MR) is 265 cm³/mol. The number of aromatic amines is 1. The number of aromatic nitrogens is 2. The minimum Gasteiger partial charge on any atom is -0.487 e. The van der Waals surface area contributed by atoms with Crippen molar-refractivity contribution in [2.45, 2.75) is 89.1 Å². The van der Waals surface area contributed by atoms with E-state index < -0.39 is 37.0 Å². The molecular weight excluding hydrogens is 906 g/mol. The van der Waals surface area contributed by atoms with Gasteiger partial charge in [-0.1, -0.05) is 50.1 Å². The first-order valence-corrected chi connectivity index (χ1v) is 25.6. The van der Waals surface area contributed by atoms with Crippen molar-refractivity contribution in [3.05, 3.63) is 111 Å². The van der Waals surface area contributed by atoms with Crippen molar-refractivity contribution in [2.24, 2.45) is 11.3 Å². The zero-order valence-electron chi connectivity index (χ0n) is 38.9. The fraction of sp³-hybridized carbons (Fsp3) is 0.451. The Morgan fingerprint density at radius 3 is 2.50 bits per heavy atom. The molecule has 68 heavy (non-hydrogen) atoms. The predicted octanol–water partition coefficient (Wildman–Crippen LogP) is 9.66. The van der Waals surface area contributed by atoms with E-state index in [0.29, 0.717) is 74.6 Å². The lowest BCUT2D eigenvalue weighted by atomic mass is 9.72. The molecule has 2 aliphatic heterocycles. The number of hydrogen-bond acceptors (Lipinski definition) is 12. The van der Waals surface area contributed by atoms with E-state index >= 15 is 0 Å². The van der Waals surface area contributed by atoms with Gasteiger partial charge in [-0.3, -0.25) is 19.8 Å². The summed E-state index contributed by atoms with van der Waals surface area (Å²) < 4.78 is 42.2. The second-order valence-corrected chi connectivity index (χ2v) is 21.7. The molecule has 2 aromatic heterocycles. The third-order valence-electron chi connectivity index (χ3n) is 14.4. The fourth-order valence-corrected chi connectivity index (χ4v) is 11.3. The number of H-pyrrole nitrogens is 1. The minimum absolute atomic E-state index is 0.0692. The number of benzene rings is 3. The molecule has 1 saturated carbocycles. The van der Waals surface area contributed by atoms with Gasteiger partial charge >= 0.3 is 5.69 Å². The van der Waals surface area contributed by atoms with Crippen LogP contribution in [0.4, 0.5) is 22.7 Å². The molecule has 5 aromatic rings. The molecule has 0 unspecified atom stereocenters. The molecule has 360 valence electrons. The second kappa shape index (κ2) is 19.4. The molecule has 15 nitrogen and oxygen atoms in total. The highest BCUT2D eigenvalue weighted by Crippen LogP contribution is 2.44. The van der Waals surface area contributed by atoms with Crippen LogP contribution in [0.3, 0.4) is 0 Å². The Bertz CT molecular complexity index is 2830. The molecular formula is C51H60ClN7O8S. The van der Waals surface area contributed by atoms with Crippen molar-refractivity contribution in [1.82, 2.24) is 19.6 Å². The number of piperazine rings is 1. The highest BCUT2D eigenvalue weighted by molar-refractivity contribution is 7.90. The van der Waals surface area contributed by atoms with Crippen LogP contribution in [0.1, 0.15) is 94.5 Å². The van der Waals surface area contributed by atoms with Crippen LogP contribution in [0.2, 0.25) is 5.02 Å². The number of carbonyl (C=O) groups excluding carboxylic acids is 1. The summed E-state index contributed by atoms with van der Waals surface area (Å²) in [7, 11) is -4.62. The first-order chi connectivity index (χ1) is 32.6. The standard InChI is InChI=1S/C51H60ClN7O8S/c1-4-51(61)19-14-34(15-20-51)33-67-46-13-11-40(30-44(46)59(62)63)68(64,65)55-48(60)41-12-10-39(29-43(41)58-22-5-27-66-49-45(58)28-36-17-21-53-47(36)54-49)57-25-23-56(24-26-57)32-37-16-18-50(2,3)31-42(37)35-6-8-38(52)9-7-35/h6-13,17,21,28-30,34,61H,4-5,14-16,18-20,22-27,31-33H2,1-3H3,(H,53,54)(H,55,60). The molecule has 4 heterocycles. The highest BCUT2D eigenvalue weighted by atomic mass is 35.5. The number of sulfonamides is 1. The Balaban J connectivity index is 0.969. The Morgan fingerprint density at radius 2 is 1.76 bits per heavy atom. The van der Waals surface area contributed by atoms with E-state index in [0.717, 1.165) is 74.1 Å². The first kappa shape index (κ1) is 47.4. The van der Waals surface area contributed by atoms with Crippen LogP contribution >= 0.6 is 11.6 Å². The molecule has 1 saturated heterocycles. The van der Waals surface area contributed by atoms with Gasteiger partial charge in [0, 0.05) is 67.6 Å². The van der Waals surface area contributed by atoms with E-state index in [2.05, 4.69) is 45.5 Å². The smallest absolute Gasteiger partial charge is 0.312 e. The lowest BCUT2D eigenvalue weighted by Gasteiger charge is -2.39. The maximum Gasteiger partial charge on any atom is 0.312 e. The van der Waals surface area contributed by atoms with E-state index in [-0.39, 0.29) is 29.3 Å². The molecule has 4 aliphatic rings. The lowest BCUT2D eigenvalue weighted by Crippen LogP contribution is -2.47. The van der Waals surface area contributed by atoms with Crippen LogP contribution in [0.25, 0.3) is 16.6 Å². The van der Waals surface area contributed by atoms with Crippen molar-refractivity contribution in [3.63, 3.8) is 0 Å². The lowest BCUT2D eigenvalue weighted by molar-refractivity contribution is -0.386. The molecule has 0 radical (unpaired) electrons. The van der Waals surface area contributed by atoms with Crippen molar-refractivity contribution < 1.29 is 32.7 Å². The summed E-state index contributed by atoms with van der Waals surface area (Å²) in [6, 6.07) is 20.9. The number of ether oxygens (including phenoxy) is 2. The molecule has 9 rings (SSSR count). The third kappa shape index (κ3) is 10.3. The number of amides is 1. The number of halogens is 1. The van der Waals surface area contributed by atoms with E-state index in [4.69, 9.17) is 26.1 Å². The van der Waals surface area contributed by atoms with Crippen molar-refractivity contribution >= 4 is 66.9 Å². The third-order valence-corrected chi connectivity index (χ3v) is 16.0. The van der Waals surface area contributed by atoms with Crippen LogP contribution in [-0.4, -0.2) is 97.3 Å². The van der Waals surface area contributed by atoms with Crippen molar-refractivity contribution in [2.75, 3.05) is 62.3 Å². The number of nitro groups is 1. The number of hydrogen-bond donors (Lipinski definition) is 3. The van der Waals surface area contributed by atoms with Crippen LogP contribution in [-0.2, 0) is 10.0 Å². The number of anilines is 3. The molecule has 3 N–H and O–H groups in total. The highest BCUT2D eigenvalue weighted by Gasteiger charge is 2.34. The van der Waals surface area contributed by atoms with Gasteiger partial charge < -0.3 is 29.4 Å². The number of pyridine rings is 1. The summed E-state index contributed by atoms with van der Waals surface area (Å²) in [4.78, 5) is 40.2. The van der Waals surface area contributed by atoms with Crippen molar-refractivity contribution in [3.8, 4) is 11.6 Å². The largest absolute Gasteiger partial charge is 0.487 e. The van der Waals surface area contributed by atoms with Crippen LogP contribution < -0.4 is 24.0 Å².